The highest BCUT2D eigenvalue weighted by molar-refractivity contribution is 6.36. The number of rotatable bonds is 1. The van der Waals surface area contributed by atoms with E-state index < -0.39 is 34.5 Å². The number of hydrogen-bond acceptors (Lipinski definition) is 0. The Bertz CT molecular complexity index is 292. The molecule has 0 aliphatic heterocycles. The van der Waals surface area contributed by atoms with Crippen LogP contribution in [-0.2, 0) is 0 Å². The summed E-state index contributed by atoms with van der Waals surface area (Å²) in [6, 6.07) is 0. The Hall–Kier alpha value is -0.260. The molecule has 122 valence electrons. The molecule has 0 aromatic rings. The molecule has 0 N–H and O–H groups in total. The fraction of sp³-hybridized carbons (Fsp3) is 1.00. The van der Waals surface area contributed by atoms with E-state index in [1.165, 1.54) is 0 Å². The van der Waals surface area contributed by atoms with Crippen LogP contribution in [0.2, 0.25) is 0 Å². The summed E-state index contributed by atoms with van der Waals surface area (Å²) in [5, 5.41) is 0. The van der Waals surface area contributed by atoms with Gasteiger partial charge >= 0.3 is 24.7 Å². The molecule has 0 unspecified atom stereocenters. The number of alkyl halides is 14. The molecular formula is C6Cl2F12. The van der Waals surface area contributed by atoms with Gasteiger partial charge in [-0.3, -0.25) is 0 Å². The maximum atomic E-state index is 12.2. The molecule has 0 rings (SSSR count). The van der Waals surface area contributed by atoms with Crippen molar-refractivity contribution in [3.05, 3.63) is 0 Å². The molecule has 0 bridgehead atoms. The first-order valence-electron chi connectivity index (χ1n) is 3.90. The van der Waals surface area contributed by atoms with Gasteiger partial charge in [0.05, 0.1) is 0 Å². The van der Waals surface area contributed by atoms with Crippen LogP contribution >= 0.6 is 23.2 Å². The molecule has 20 heavy (non-hydrogen) atoms. The molecule has 0 nitrogen and oxygen atoms in total. The maximum absolute atomic E-state index is 12.2. The van der Waals surface area contributed by atoms with Crippen LogP contribution in [0.1, 0.15) is 0 Å². The first kappa shape index (κ1) is 19.7. The van der Waals surface area contributed by atoms with Crippen molar-refractivity contribution in [3.63, 3.8) is 0 Å². The predicted octanol–water partition coefficient (Wildman–Crippen LogP) is 5.19. The summed E-state index contributed by atoms with van der Waals surface area (Å²) in [5.74, 6) is 0. The van der Waals surface area contributed by atoms with Gasteiger partial charge in [-0.1, -0.05) is 23.2 Å². The van der Waals surface area contributed by atoms with Gasteiger partial charge in [-0.05, 0) is 0 Å². The standard InChI is InChI=1S/C6Cl2F12/c7-1(3(9,10)11,4(12,13)14)2(8,5(15,16)17)6(18,19)20. The van der Waals surface area contributed by atoms with Crippen molar-refractivity contribution in [2.24, 2.45) is 0 Å². The molecule has 0 fully saturated rings. The van der Waals surface area contributed by atoms with Gasteiger partial charge in [0, 0.05) is 0 Å². The lowest BCUT2D eigenvalue weighted by molar-refractivity contribution is -0.355. The van der Waals surface area contributed by atoms with Crippen LogP contribution in [0.5, 0.6) is 0 Å². The second-order valence-electron chi connectivity index (χ2n) is 3.31. The van der Waals surface area contributed by atoms with E-state index in [0.29, 0.717) is 0 Å². The van der Waals surface area contributed by atoms with E-state index in [0.717, 1.165) is 0 Å². The van der Waals surface area contributed by atoms with Crippen LogP contribution in [0.4, 0.5) is 52.7 Å². The van der Waals surface area contributed by atoms with Crippen molar-refractivity contribution >= 4 is 23.2 Å². The smallest absolute Gasteiger partial charge is 0.169 e. The Kier molecular flexibility index (Phi) is 4.56. The fourth-order valence-electron chi connectivity index (χ4n) is 1.10. The van der Waals surface area contributed by atoms with Crippen molar-refractivity contribution in [2.75, 3.05) is 0 Å². The Morgan fingerprint density at radius 2 is 0.450 bits per heavy atom. The van der Waals surface area contributed by atoms with Crippen molar-refractivity contribution in [2.45, 2.75) is 34.5 Å². The molecule has 0 aromatic heterocycles. The quantitative estimate of drug-likeness (QED) is 0.440. The normalized spacial score (nSPS) is 16.5. The highest BCUT2D eigenvalue weighted by atomic mass is 35.5. The molecule has 0 saturated carbocycles. The topological polar surface area (TPSA) is 0 Å². The van der Waals surface area contributed by atoms with Gasteiger partial charge in [0.15, 0.2) is 0 Å². The molecule has 0 radical (unpaired) electrons. The number of hydrogen-bond donors (Lipinski definition) is 0. The third-order valence-electron chi connectivity index (χ3n) is 2.04. The van der Waals surface area contributed by atoms with Crippen molar-refractivity contribution in [3.8, 4) is 0 Å². The molecule has 0 saturated heterocycles. The first-order valence-corrected chi connectivity index (χ1v) is 4.65. The Labute approximate surface area is 111 Å². The fourth-order valence-corrected chi connectivity index (χ4v) is 1.53. The molecule has 0 amide bonds. The van der Waals surface area contributed by atoms with Crippen LogP contribution in [0.3, 0.4) is 0 Å². The van der Waals surface area contributed by atoms with Crippen LogP contribution in [0.15, 0.2) is 0 Å². The molecule has 0 aliphatic rings. The zero-order chi connectivity index (χ0) is 17.0. The summed E-state index contributed by atoms with van der Waals surface area (Å²) >= 11 is 7.49. The van der Waals surface area contributed by atoms with Crippen LogP contribution < -0.4 is 0 Å². The molecule has 14 heteroatoms. The number of halogens is 14. The van der Waals surface area contributed by atoms with Crippen molar-refractivity contribution in [1.29, 1.82) is 0 Å². The SMILES string of the molecule is FC(F)(F)C(Cl)(C(F)(F)F)C(Cl)(C(F)(F)F)C(F)(F)F. The highest BCUT2D eigenvalue weighted by Gasteiger charge is 2.93. The van der Waals surface area contributed by atoms with Gasteiger partial charge < -0.3 is 0 Å². The zero-order valence-electron chi connectivity index (χ0n) is 8.29. The minimum Gasteiger partial charge on any atom is -0.169 e. The lowest BCUT2D eigenvalue weighted by Crippen LogP contribution is -2.75. The predicted molar refractivity (Wildman–Crippen MR) is 41.4 cm³/mol. The molecule has 0 aromatic carbocycles. The van der Waals surface area contributed by atoms with Crippen LogP contribution in [0.25, 0.3) is 0 Å². The Morgan fingerprint density at radius 1 is 0.350 bits per heavy atom. The van der Waals surface area contributed by atoms with Gasteiger partial charge in [-0.25, -0.2) is 0 Å². The van der Waals surface area contributed by atoms with E-state index in [2.05, 4.69) is 23.2 Å². The summed E-state index contributed by atoms with van der Waals surface area (Å²) in [6.45, 7) is 0. The van der Waals surface area contributed by atoms with Crippen molar-refractivity contribution < 1.29 is 52.7 Å². The van der Waals surface area contributed by atoms with E-state index in [9.17, 15) is 52.7 Å². The lowest BCUT2D eigenvalue weighted by atomic mass is 9.87. The van der Waals surface area contributed by atoms with Gasteiger partial charge in [0.25, 0.3) is 9.75 Å². The Balaban J connectivity index is 6.71. The summed E-state index contributed by atoms with van der Waals surface area (Å²) in [7, 11) is 0. The minimum absolute atomic E-state index is 3.75. The average molecular weight is 371 g/mol. The second kappa shape index (κ2) is 4.62. The molecule has 0 heterocycles. The van der Waals surface area contributed by atoms with Gasteiger partial charge in [-0.15, -0.1) is 0 Å². The van der Waals surface area contributed by atoms with Crippen LogP contribution in [0, 0.1) is 0 Å². The average Bonchev–Trinajstić information content (AvgIpc) is 2.07. The summed E-state index contributed by atoms with van der Waals surface area (Å²) in [4.78, 5) is -13.6. The Morgan fingerprint density at radius 3 is 0.500 bits per heavy atom. The monoisotopic (exact) mass is 370 g/mol. The van der Waals surface area contributed by atoms with E-state index in [1.807, 2.05) is 0 Å². The second-order valence-corrected chi connectivity index (χ2v) is 4.44. The first-order chi connectivity index (χ1) is 8.25. The van der Waals surface area contributed by atoms with Crippen molar-refractivity contribution in [1.82, 2.24) is 0 Å². The highest BCUT2D eigenvalue weighted by Crippen LogP contribution is 2.65. The van der Waals surface area contributed by atoms with Crippen LogP contribution in [-0.4, -0.2) is 34.5 Å². The van der Waals surface area contributed by atoms with Gasteiger partial charge in [0.1, 0.15) is 0 Å². The van der Waals surface area contributed by atoms with E-state index in [4.69, 9.17) is 0 Å². The summed E-state index contributed by atoms with van der Waals surface area (Å²) in [5.41, 5.74) is 0. The molecular weight excluding hydrogens is 371 g/mol. The lowest BCUT2D eigenvalue weighted by Gasteiger charge is -2.44. The zero-order valence-corrected chi connectivity index (χ0v) is 9.80. The maximum Gasteiger partial charge on any atom is 0.419 e. The largest absolute Gasteiger partial charge is 0.419 e. The molecule has 0 atom stereocenters. The third-order valence-corrected chi connectivity index (χ3v) is 3.56. The van der Waals surface area contributed by atoms with E-state index in [1.54, 1.807) is 0 Å². The van der Waals surface area contributed by atoms with E-state index >= 15 is 0 Å². The minimum atomic E-state index is -7.19. The summed E-state index contributed by atoms with van der Waals surface area (Å²) < 4.78 is 147. The molecule has 0 aliphatic carbocycles. The van der Waals surface area contributed by atoms with E-state index in [-0.39, 0.29) is 0 Å². The summed E-state index contributed by atoms with van der Waals surface area (Å²) in [6.07, 6.45) is -28.8. The third kappa shape index (κ3) is 2.48. The van der Waals surface area contributed by atoms with Gasteiger partial charge in [-0.2, -0.15) is 52.7 Å². The van der Waals surface area contributed by atoms with Gasteiger partial charge in [0.2, 0.25) is 0 Å². The molecule has 0 spiro atoms.